The first-order valence-electron chi connectivity index (χ1n) is 14.4. The average Bonchev–Trinajstić information content (AvgIpc) is 3.58. The molecule has 0 radical (unpaired) electrons. The van der Waals surface area contributed by atoms with Gasteiger partial charge in [-0.1, -0.05) is 30.3 Å². The van der Waals surface area contributed by atoms with Crippen LogP contribution in [0.25, 0.3) is 22.4 Å². The number of ether oxygens (including phenoxy) is 2. The van der Waals surface area contributed by atoms with Crippen LogP contribution < -0.4 is 15.4 Å². The topological polar surface area (TPSA) is 154 Å². The van der Waals surface area contributed by atoms with Gasteiger partial charge in [0.1, 0.15) is 17.4 Å². The molecule has 0 unspecified atom stereocenters. The van der Waals surface area contributed by atoms with Crippen molar-refractivity contribution >= 4 is 35.1 Å². The van der Waals surface area contributed by atoms with Gasteiger partial charge >= 0.3 is 6.09 Å². The molecule has 238 valence electrons. The third-order valence-corrected chi connectivity index (χ3v) is 7.79. The molecule has 4 rings (SSSR count). The van der Waals surface area contributed by atoms with Crippen molar-refractivity contribution in [3.05, 3.63) is 88.1 Å². The van der Waals surface area contributed by atoms with Crippen LogP contribution in [-0.4, -0.2) is 65.4 Å². The number of rotatable bonds is 12. The highest BCUT2D eigenvalue weighted by Crippen LogP contribution is 2.36. The van der Waals surface area contributed by atoms with E-state index in [9.17, 15) is 24.8 Å². The zero-order valence-electron chi connectivity index (χ0n) is 26.0. The standard InChI is InChI=1S/C34H35N5O6S/c1-34(2,3)39(33(42)43)16-9-15-36-31(40)23-11-7-10-22(18-23)25-19-27(24-12-5-6-13-28(24)45-21-44-4)37-30(26(25)20-35)38-32(41)29-14-8-17-46-29/h5-8,10-14,17-19H,9,15-16,21H2,1-4H3,(H,36,40)(H,42,43)(H,37,38,41). The lowest BCUT2D eigenvalue weighted by Crippen LogP contribution is -2.46. The minimum absolute atomic E-state index is 0.00379. The molecule has 3 amide bonds. The number of nitrogens with zero attached hydrogens (tertiary/aromatic N) is 3. The van der Waals surface area contributed by atoms with E-state index in [1.54, 1.807) is 53.9 Å². The summed E-state index contributed by atoms with van der Waals surface area (Å²) in [4.78, 5) is 44.3. The second kappa shape index (κ2) is 15.2. The number of carboxylic acid groups (broad SMARTS) is 1. The Morgan fingerprint density at radius 1 is 1.02 bits per heavy atom. The van der Waals surface area contributed by atoms with E-state index in [0.717, 1.165) is 0 Å². The van der Waals surface area contributed by atoms with Crippen molar-refractivity contribution in [1.29, 1.82) is 5.26 Å². The van der Waals surface area contributed by atoms with Crippen molar-refractivity contribution in [3.8, 4) is 34.2 Å². The molecule has 2 heterocycles. The predicted molar refractivity (Wildman–Crippen MR) is 176 cm³/mol. The van der Waals surface area contributed by atoms with Crippen LogP contribution in [-0.2, 0) is 4.74 Å². The highest BCUT2D eigenvalue weighted by Gasteiger charge is 2.25. The lowest BCUT2D eigenvalue weighted by Gasteiger charge is -2.33. The molecular formula is C34H35N5O6S. The van der Waals surface area contributed by atoms with Gasteiger partial charge in [0.05, 0.1) is 10.6 Å². The molecule has 0 aliphatic carbocycles. The van der Waals surface area contributed by atoms with Crippen LogP contribution >= 0.6 is 11.3 Å². The number of methoxy groups -OCH3 is 1. The lowest BCUT2D eigenvalue weighted by molar-refractivity contribution is 0.0515. The minimum Gasteiger partial charge on any atom is -0.467 e. The summed E-state index contributed by atoms with van der Waals surface area (Å²) in [5.74, 6) is -0.209. The summed E-state index contributed by atoms with van der Waals surface area (Å²) < 4.78 is 10.8. The Morgan fingerprint density at radius 2 is 1.80 bits per heavy atom. The normalized spacial score (nSPS) is 10.9. The highest BCUT2D eigenvalue weighted by atomic mass is 32.1. The minimum atomic E-state index is -1.02. The van der Waals surface area contributed by atoms with E-state index >= 15 is 0 Å². The first-order valence-corrected chi connectivity index (χ1v) is 15.3. The first-order chi connectivity index (χ1) is 22.0. The molecule has 2 aromatic heterocycles. The SMILES string of the molecule is COCOc1ccccc1-c1cc(-c2cccc(C(=O)NCCCN(C(=O)O)C(C)(C)C)c2)c(C#N)c(NC(=O)c2cccs2)n1. The summed E-state index contributed by atoms with van der Waals surface area (Å²) >= 11 is 1.26. The molecule has 0 fully saturated rings. The summed E-state index contributed by atoms with van der Waals surface area (Å²) in [6.07, 6.45) is -0.588. The number of para-hydroxylation sites is 1. The third kappa shape index (κ3) is 8.26. The fraction of sp³-hybridized carbons (Fsp3) is 0.265. The molecule has 0 atom stereocenters. The molecule has 0 spiro atoms. The van der Waals surface area contributed by atoms with Gasteiger partial charge in [0.25, 0.3) is 11.8 Å². The van der Waals surface area contributed by atoms with Crippen molar-refractivity contribution < 1.29 is 29.0 Å². The van der Waals surface area contributed by atoms with E-state index in [1.165, 1.54) is 23.3 Å². The largest absolute Gasteiger partial charge is 0.467 e. The predicted octanol–water partition coefficient (Wildman–Crippen LogP) is 6.48. The van der Waals surface area contributed by atoms with Gasteiger partial charge in [0.2, 0.25) is 0 Å². The Bertz CT molecular complexity index is 1740. The number of hydrogen-bond donors (Lipinski definition) is 3. The van der Waals surface area contributed by atoms with E-state index in [0.29, 0.717) is 45.0 Å². The Hall–Kier alpha value is -5.25. The van der Waals surface area contributed by atoms with Gasteiger partial charge in [0, 0.05) is 42.4 Å². The van der Waals surface area contributed by atoms with E-state index in [1.807, 2.05) is 39.0 Å². The average molecular weight is 642 g/mol. The number of thiophene rings is 1. The molecular weight excluding hydrogens is 606 g/mol. The maximum absolute atomic E-state index is 13.1. The van der Waals surface area contributed by atoms with Crippen LogP contribution in [0.15, 0.2) is 72.1 Å². The van der Waals surface area contributed by atoms with E-state index < -0.39 is 17.5 Å². The van der Waals surface area contributed by atoms with Crippen molar-refractivity contribution in [3.63, 3.8) is 0 Å². The molecule has 11 nitrogen and oxygen atoms in total. The maximum atomic E-state index is 13.1. The first kappa shape index (κ1) is 33.6. The van der Waals surface area contributed by atoms with Gasteiger partial charge in [-0.25, -0.2) is 9.78 Å². The molecule has 3 N–H and O–H groups in total. The van der Waals surface area contributed by atoms with Crippen LogP contribution in [0.4, 0.5) is 10.6 Å². The summed E-state index contributed by atoms with van der Waals surface area (Å²) in [7, 11) is 1.51. The highest BCUT2D eigenvalue weighted by molar-refractivity contribution is 7.12. The molecule has 46 heavy (non-hydrogen) atoms. The van der Waals surface area contributed by atoms with Gasteiger partial charge in [-0.2, -0.15) is 5.26 Å². The molecule has 2 aromatic carbocycles. The summed E-state index contributed by atoms with van der Waals surface area (Å²) in [5.41, 5.74) is 1.95. The fourth-order valence-electron chi connectivity index (χ4n) is 4.70. The van der Waals surface area contributed by atoms with E-state index in [-0.39, 0.29) is 37.2 Å². The van der Waals surface area contributed by atoms with Crippen LogP contribution in [0, 0.1) is 11.3 Å². The Labute approximate surface area is 271 Å². The zero-order valence-corrected chi connectivity index (χ0v) is 26.8. The van der Waals surface area contributed by atoms with E-state index in [4.69, 9.17) is 9.47 Å². The fourth-order valence-corrected chi connectivity index (χ4v) is 5.32. The molecule has 0 saturated carbocycles. The Kier molecular flexibility index (Phi) is 11.1. The van der Waals surface area contributed by atoms with Gasteiger partial charge < -0.3 is 30.1 Å². The molecule has 0 saturated heterocycles. The second-order valence-corrected chi connectivity index (χ2v) is 12.1. The van der Waals surface area contributed by atoms with Crippen molar-refractivity contribution in [2.75, 3.05) is 32.3 Å². The number of carbonyl (C=O) groups is 3. The molecule has 4 aromatic rings. The van der Waals surface area contributed by atoms with Crippen LogP contribution in [0.3, 0.4) is 0 Å². The quantitative estimate of drug-likeness (QED) is 0.117. The number of hydrogen-bond acceptors (Lipinski definition) is 8. The summed E-state index contributed by atoms with van der Waals surface area (Å²) in [6.45, 7) is 5.98. The molecule has 12 heteroatoms. The summed E-state index contributed by atoms with van der Waals surface area (Å²) in [6, 6.07) is 21.3. The van der Waals surface area contributed by atoms with Crippen molar-refractivity contribution in [2.45, 2.75) is 32.7 Å². The zero-order chi connectivity index (χ0) is 33.3. The number of aromatic nitrogens is 1. The monoisotopic (exact) mass is 641 g/mol. The molecule has 0 aliphatic heterocycles. The van der Waals surface area contributed by atoms with Crippen LogP contribution in [0.5, 0.6) is 5.75 Å². The smallest absolute Gasteiger partial charge is 0.407 e. The van der Waals surface area contributed by atoms with Gasteiger partial charge in [0.15, 0.2) is 12.6 Å². The second-order valence-electron chi connectivity index (χ2n) is 11.2. The number of anilines is 1. The Morgan fingerprint density at radius 3 is 2.48 bits per heavy atom. The van der Waals surface area contributed by atoms with Crippen LogP contribution in [0.1, 0.15) is 52.8 Å². The lowest BCUT2D eigenvalue weighted by atomic mass is 9.96. The number of nitrogens with one attached hydrogen (secondary N) is 2. The maximum Gasteiger partial charge on any atom is 0.407 e. The number of nitriles is 1. The summed E-state index contributed by atoms with van der Waals surface area (Å²) in [5, 5.41) is 27.2. The van der Waals surface area contributed by atoms with E-state index in [2.05, 4.69) is 21.7 Å². The van der Waals surface area contributed by atoms with Crippen LogP contribution in [0.2, 0.25) is 0 Å². The van der Waals surface area contributed by atoms with Gasteiger partial charge in [-0.3, -0.25) is 9.59 Å². The third-order valence-electron chi connectivity index (χ3n) is 6.92. The number of benzene rings is 2. The van der Waals surface area contributed by atoms with Crippen molar-refractivity contribution in [2.24, 2.45) is 0 Å². The van der Waals surface area contributed by atoms with Crippen molar-refractivity contribution in [1.82, 2.24) is 15.2 Å². The van der Waals surface area contributed by atoms with Gasteiger partial charge in [-0.05, 0) is 74.5 Å². The number of carbonyl (C=O) groups excluding carboxylic acids is 2. The number of amides is 3. The molecule has 0 bridgehead atoms. The van der Waals surface area contributed by atoms with Gasteiger partial charge in [-0.15, -0.1) is 11.3 Å². The number of pyridine rings is 1. The molecule has 0 aliphatic rings. The Balaban J connectivity index is 1.69.